The molecular weight excluding hydrogens is 367 g/mol. The van der Waals surface area contributed by atoms with E-state index < -0.39 is 11.7 Å². The van der Waals surface area contributed by atoms with Crippen molar-refractivity contribution in [3.8, 4) is 0 Å². The largest absolute Gasteiger partial charge is 0.324 e. The summed E-state index contributed by atoms with van der Waals surface area (Å²) in [5.74, 6) is -1.18. The van der Waals surface area contributed by atoms with Crippen molar-refractivity contribution in [3.63, 3.8) is 0 Å². The van der Waals surface area contributed by atoms with Crippen LogP contribution in [0.4, 0.5) is 10.1 Å². The van der Waals surface area contributed by atoms with Gasteiger partial charge in [-0.1, -0.05) is 36.1 Å². The first-order chi connectivity index (χ1) is 11.5. The Morgan fingerprint density at radius 1 is 1.33 bits per heavy atom. The first-order valence-electron chi connectivity index (χ1n) is 6.87. The van der Waals surface area contributed by atoms with Gasteiger partial charge >= 0.3 is 0 Å². The molecule has 1 aliphatic rings. The number of nitrogens with zero attached hydrogens (tertiary/aromatic N) is 1. The summed E-state index contributed by atoms with van der Waals surface area (Å²) in [7, 11) is 0. The summed E-state index contributed by atoms with van der Waals surface area (Å²) < 4.78 is 13.5. The maximum Gasteiger partial charge on any atom is 0.266 e. The molecule has 4 nitrogen and oxygen atoms in total. The molecule has 8 heteroatoms. The third kappa shape index (κ3) is 3.89. The lowest BCUT2D eigenvalue weighted by atomic mass is 10.3. The maximum atomic E-state index is 13.1. The van der Waals surface area contributed by atoms with E-state index in [-0.39, 0.29) is 12.5 Å². The topological polar surface area (TPSA) is 49.4 Å². The van der Waals surface area contributed by atoms with Gasteiger partial charge in [0.15, 0.2) is 0 Å². The predicted octanol–water partition coefficient (Wildman–Crippen LogP) is 3.73. The van der Waals surface area contributed by atoms with Gasteiger partial charge in [-0.25, -0.2) is 4.39 Å². The van der Waals surface area contributed by atoms with Gasteiger partial charge in [-0.15, -0.1) is 11.3 Å². The van der Waals surface area contributed by atoms with E-state index >= 15 is 0 Å². The van der Waals surface area contributed by atoms with Gasteiger partial charge in [0, 0.05) is 10.6 Å². The quantitative estimate of drug-likeness (QED) is 0.651. The van der Waals surface area contributed by atoms with E-state index in [0.717, 1.165) is 4.88 Å². The Bertz CT molecular complexity index is 834. The van der Waals surface area contributed by atoms with Crippen molar-refractivity contribution in [2.45, 2.75) is 0 Å². The fraction of sp³-hybridized carbons (Fsp3) is 0.0625. The van der Waals surface area contributed by atoms with Gasteiger partial charge in [0.2, 0.25) is 5.91 Å². The smallest absolute Gasteiger partial charge is 0.266 e. The molecule has 0 radical (unpaired) electrons. The molecular formula is C16H11FN2O2S3. The van der Waals surface area contributed by atoms with Crippen molar-refractivity contribution in [1.82, 2.24) is 4.90 Å². The average molecular weight is 378 g/mol. The van der Waals surface area contributed by atoms with E-state index in [1.165, 1.54) is 46.2 Å². The molecule has 122 valence electrons. The van der Waals surface area contributed by atoms with E-state index in [9.17, 15) is 14.0 Å². The van der Waals surface area contributed by atoms with Crippen molar-refractivity contribution in [2.75, 3.05) is 11.9 Å². The van der Waals surface area contributed by atoms with Crippen molar-refractivity contribution in [1.29, 1.82) is 0 Å². The normalized spacial score (nSPS) is 16.0. The molecule has 0 spiro atoms. The van der Waals surface area contributed by atoms with Crippen LogP contribution in [0, 0.1) is 5.82 Å². The number of halogens is 1. The van der Waals surface area contributed by atoms with Crippen LogP contribution in [0.25, 0.3) is 6.08 Å². The van der Waals surface area contributed by atoms with Crippen LogP contribution >= 0.6 is 35.3 Å². The van der Waals surface area contributed by atoms with Crippen LogP contribution in [0.1, 0.15) is 4.88 Å². The Morgan fingerprint density at radius 2 is 2.17 bits per heavy atom. The molecule has 2 aromatic rings. The highest BCUT2D eigenvalue weighted by molar-refractivity contribution is 8.26. The van der Waals surface area contributed by atoms with Gasteiger partial charge in [0.1, 0.15) is 16.7 Å². The Kier molecular flexibility index (Phi) is 5.08. The van der Waals surface area contributed by atoms with Crippen LogP contribution in [0.5, 0.6) is 0 Å². The number of amides is 2. The Hall–Kier alpha value is -2.03. The average Bonchev–Trinajstić information content (AvgIpc) is 3.12. The third-order valence-electron chi connectivity index (χ3n) is 3.10. The summed E-state index contributed by atoms with van der Waals surface area (Å²) in [5.41, 5.74) is 0.333. The van der Waals surface area contributed by atoms with E-state index in [1.807, 2.05) is 17.5 Å². The molecule has 0 saturated carbocycles. The van der Waals surface area contributed by atoms with Crippen LogP contribution < -0.4 is 5.32 Å². The Labute approximate surface area is 151 Å². The van der Waals surface area contributed by atoms with E-state index in [0.29, 0.717) is 14.9 Å². The fourth-order valence-corrected chi connectivity index (χ4v) is 4.03. The van der Waals surface area contributed by atoms with Crippen molar-refractivity contribution in [2.24, 2.45) is 0 Å². The number of carbonyl (C=O) groups excluding carboxylic acids is 2. The molecule has 0 bridgehead atoms. The standard InChI is InChI=1S/C16H11FN2O2S3/c17-10-3-1-4-11(7-10)18-14(20)9-19-15(21)13(24-16(19)22)8-12-5-2-6-23-12/h1-8H,9H2,(H,18,20)/b13-8+. The summed E-state index contributed by atoms with van der Waals surface area (Å²) in [5, 5.41) is 4.47. The summed E-state index contributed by atoms with van der Waals surface area (Å²) in [6.45, 7) is -0.205. The highest BCUT2D eigenvalue weighted by Gasteiger charge is 2.33. The molecule has 1 aliphatic heterocycles. The molecule has 1 saturated heterocycles. The highest BCUT2D eigenvalue weighted by atomic mass is 32.2. The number of anilines is 1. The molecule has 1 fully saturated rings. The van der Waals surface area contributed by atoms with Crippen LogP contribution in [-0.4, -0.2) is 27.6 Å². The zero-order valence-electron chi connectivity index (χ0n) is 12.2. The van der Waals surface area contributed by atoms with Gasteiger partial charge in [0.05, 0.1) is 4.91 Å². The number of hydrogen-bond acceptors (Lipinski definition) is 5. The van der Waals surface area contributed by atoms with Gasteiger partial charge in [-0.05, 0) is 35.7 Å². The molecule has 2 amide bonds. The summed E-state index contributed by atoms with van der Waals surface area (Å²) in [4.78, 5) is 27.2. The second-order valence-corrected chi connectivity index (χ2v) is 7.50. The lowest BCUT2D eigenvalue weighted by molar-refractivity contribution is -0.126. The second-order valence-electron chi connectivity index (χ2n) is 4.84. The minimum atomic E-state index is -0.447. The van der Waals surface area contributed by atoms with Crippen LogP contribution in [0.3, 0.4) is 0 Å². The number of hydrogen-bond donors (Lipinski definition) is 1. The van der Waals surface area contributed by atoms with Crippen LogP contribution in [0.15, 0.2) is 46.7 Å². The highest BCUT2D eigenvalue weighted by Crippen LogP contribution is 2.33. The number of carbonyl (C=O) groups is 2. The number of thiocarbonyl (C=S) groups is 1. The lowest BCUT2D eigenvalue weighted by Gasteiger charge is -2.14. The van der Waals surface area contributed by atoms with Gasteiger partial charge in [0.25, 0.3) is 5.91 Å². The van der Waals surface area contributed by atoms with Crippen molar-refractivity contribution < 1.29 is 14.0 Å². The first kappa shape index (κ1) is 16.8. The monoisotopic (exact) mass is 378 g/mol. The molecule has 0 atom stereocenters. The summed E-state index contributed by atoms with van der Waals surface area (Å²) >= 11 is 7.86. The van der Waals surface area contributed by atoms with E-state index in [1.54, 1.807) is 12.1 Å². The van der Waals surface area contributed by atoms with Gasteiger partial charge in [-0.3, -0.25) is 14.5 Å². The number of rotatable bonds is 4. The number of nitrogens with one attached hydrogen (secondary N) is 1. The molecule has 1 aromatic heterocycles. The predicted molar refractivity (Wildman–Crippen MR) is 99.2 cm³/mol. The molecule has 0 aliphatic carbocycles. The van der Waals surface area contributed by atoms with Gasteiger partial charge < -0.3 is 5.32 Å². The molecule has 3 rings (SSSR count). The molecule has 1 aromatic carbocycles. The first-order valence-corrected chi connectivity index (χ1v) is 8.97. The summed E-state index contributed by atoms with van der Waals surface area (Å²) in [6, 6.07) is 9.35. The Morgan fingerprint density at radius 3 is 2.88 bits per heavy atom. The third-order valence-corrected chi connectivity index (χ3v) is 5.30. The fourth-order valence-electron chi connectivity index (χ4n) is 2.05. The second kappa shape index (κ2) is 7.25. The van der Waals surface area contributed by atoms with Crippen LogP contribution in [-0.2, 0) is 9.59 Å². The number of thiophene rings is 1. The zero-order valence-corrected chi connectivity index (χ0v) is 14.6. The minimum absolute atomic E-state index is 0.205. The molecule has 2 heterocycles. The maximum absolute atomic E-state index is 13.1. The molecule has 24 heavy (non-hydrogen) atoms. The van der Waals surface area contributed by atoms with Gasteiger partial charge in [-0.2, -0.15) is 0 Å². The Balaban J connectivity index is 1.67. The lowest BCUT2D eigenvalue weighted by Crippen LogP contribution is -2.36. The van der Waals surface area contributed by atoms with Crippen molar-refractivity contribution >= 4 is 63.2 Å². The summed E-state index contributed by atoms with van der Waals surface area (Å²) in [6.07, 6.45) is 1.76. The number of thioether (sulfide) groups is 1. The minimum Gasteiger partial charge on any atom is -0.324 e. The van der Waals surface area contributed by atoms with Crippen LogP contribution in [0.2, 0.25) is 0 Å². The van der Waals surface area contributed by atoms with E-state index in [4.69, 9.17) is 12.2 Å². The van der Waals surface area contributed by atoms with Crippen molar-refractivity contribution in [3.05, 3.63) is 57.4 Å². The SMILES string of the molecule is O=C(CN1C(=O)/C(=C\c2cccs2)SC1=S)Nc1cccc(F)c1. The number of benzene rings is 1. The zero-order chi connectivity index (χ0) is 17.1. The van der Waals surface area contributed by atoms with E-state index in [2.05, 4.69) is 5.32 Å². The molecule has 1 N–H and O–H groups in total. The molecule has 0 unspecified atom stereocenters.